The zero-order chi connectivity index (χ0) is 20.0. The standard InChI is InChI=1S/C20H24ClN3O3/c1-4-14(2)15-5-7-17(8-6-15)22-20(25)13-23(3)12-16-11-18(24(26)27)9-10-19(16)21/h5-11,14H,4,12-13H2,1-3H3,(H,22,25). The molecule has 1 N–H and O–H groups in total. The average molecular weight is 390 g/mol. The van der Waals surface area contributed by atoms with Crippen molar-refractivity contribution in [1.82, 2.24) is 4.90 Å². The van der Waals surface area contributed by atoms with E-state index in [-0.39, 0.29) is 18.1 Å². The van der Waals surface area contributed by atoms with E-state index < -0.39 is 4.92 Å². The number of rotatable bonds is 8. The molecule has 1 amide bonds. The highest BCUT2D eigenvalue weighted by molar-refractivity contribution is 6.31. The van der Waals surface area contributed by atoms with Gasteiger partial charge >= 0.3 is 0 Å². The molecule has 0 spiro atoms. The molecule has 0 radical (unpaired) electrons. The van der Waals surface area contributed by atoms with Crippen LogP contribution in [-0.2, 0) is 11.3 Å². The molecule has 6 nitrogen and oxygen atoms in total. The van der Waals surface area contributed by atoms with E-state index in [1.165, 1.54) is 23.8 Å². The van der Waals surface area contributed by atoms with E-state index in [0.717, 1.165) is 12.1 Å². The molecule has 144 valence electrons. The largest absolute Gasteiger partial charge is 0.325 e. The molecule has 0 aliphatic rings. The Morgan fingerprint density at radius 1 is 1.26 bits per heavy atom. The Bertz CT molecular complexity index is 809. The number of hydrogen-bond acceptors (Lipinski definition) is 4. The summed E-state index contributed by atoms with van der Waals surface area (Å²) in [4.78, 5) is 24.5. The Morgan fingerprint density at radius 2 is 1.93 bits per heavy atom. The Labute approximate surface area is 164 Å². The number of nitro benzene ring substituents is 1. The van der Waals surface area contributed by atoms with Gasteiger partial charge in [0.2, 0.25) is 5.91 Å². The summed E-state index contributed by atoms with van der Waals surface area (Å²) in [5.74, 6) is 0.330. The first-order chi connectivity index (χ1) is 12.8. The maximum absolute atomic E-state index is 12.3. The fourth-order valence-corrected chi connectivity index (χ4v) is 2.90. The van der Waals surface area contributed by atoms with Crippen molar-refractivity contribution in [3.05, 3.63) is 68.7 Å². The van der Waals surface area contributed by atoms with E-state index in [1.807, 2.05) is 24.3 Å². The van der Waals surface area contributed by atoms with Crippen molar-refractivity contribution >= 4 is 28.9 Å². The Morgan fingerprint density at radius 3 is 2.52 bits per heavy atom. The first kappa shape index (κ1) is 20.9. The fraction of sp³-hybridized carbons (Fsp3) is 0.350. The lowest BCUT2D eigenvalue weighted by molar-refractivity contribution is -0.384. The van der Waals surface area contributed by atoms with Gasteiger partial charge in [0, 0.05) is 29.4 Å². The minimum Gasteiger partial charge on any atom is -0.325 e. The summed E-state index contributed by atoms with van der Waals surface area (Å²) < 4.78 is 0. The highest BCUT2D eigenvalue weighted by atomic mass is 35.5. The lowest BCUT2D eigenvalue weighted by atomic mass is 9.99. The van der Waals surface area contributed by atoms with E-state index in [2.05, 4.69) is 19.2 Å². The molecule has 0 fully saturated rings. The van der Waals surface area contributed by atoms with E-state index in [4.69, 9.17) is 11.6 Å². The number of nitro groups is 1. The first-order valence-corrected chi connectivity index (χ1v) is 9.19. The van der Waals surface area contributed by atoms with Crippen molar-refractivity contribution in [2.75, 3.05) is 18.9 Å². The molecule has 27 heavy (non-hydrogen) atoms. The molecule has 2 aromatic rings. The average Bonchev–Trinajstić information content (AvgIpc) is 2.63. The third kappa shape index (κ3) is 6.05. The van der Waals surface area contributed by atoms with Crippen LogP contribution in [0.5, 0.6) is 0 Å². The van der Waals surface area contributed by atoms with Crippen LogP contribution in [0.25, 0.3) is 0 Å². The smallest absolute Gasteiger partial charge is 0.269 e. The molecular weight excluding hydrogens is 366 g/mol. The Balaban J connectivity index is 1.94. The fourth-order valence-electron chi connectivity index (χ4n) is 2.72. The lowest BCUT2D eigenvalue weighted by Gasteiger charge is -2.17. The molecule has 0 saturated heterocycles. The maximum atomic E-state index is 12.3. The van der Waals surface area contributed by atoms with E-state index in [0.29, 0.717) is 23.0 Å². The molecule has 7 heteroatoms. The number of hydrogen-bond donors (Lipinski definition) is 1. The topological polar surface area (TPSA) is 75.5 Å². The monoisotopic (exact) mass is 389 g/mol. The highest BCUT2D eigenvalue weighted by Crippen LogP contribution is 2.23. The summed E-state index contributed by atoms with van der Waals surface area (Å²) in [7, 11) is 1.76. The molecule has 2 rings (SSSR count). The van der Waals surface area contributed by atoms with Crippen LogP contribution < -0.4 is 5.32 Å². The van der Waals surface area contributed by atoms with Crippen LogP contribution in [0.4, 0.5) is 11.4 Å². The van der Waals surface area contributed by atoms with Crippen LogP contribution in [-0.4, -0.2) is 29.3 Å². The third-order valence-corrected chi connectivity index (χ3v) is 4.84. The van der Waals surface area contributed by atoms with Gasteiger partial charge in [0.05, 0.1) is 11.5 Å². The van der Waals surface area contributed by atoms with Crippen LogP contribution in [0, 0.1) is 10.1 Å². The second-order valence-electron chi connectivity index (χ2n) is 6.68. The first-order valence-electron chi connectivity index (χ1n) is 8.81. The van der Waals surface area contributed by atoms with Crippen molar-refractivity contribution in [2.24, 2.45) is 0 Å². The predicted molar refractivity (Wildman–Crippen MR) is 108 cm³/mol. The molecule has 0 heterocycles. The number of amides is 1. The van der Waals surface area contributed by atoms with Gasteiger partial charge in [-0.3, -0.25) is 19.8 Å². The van der Waals surface area contributed by atoms with Gasteiger partial charge in [-0.2, -0.15) is 0 Å². The van der Waals surface area contributed by atoms with Crippen LogP contribution in [0.2, 0.25) is 5.02 Å². The zero-order valence-electron chi connectivity index (χ0n) is 15.7. The number of non-ortho nitro benzene ring substituents is 1. The Kier molecular flexibility index (Phi) is 7.33. The summed E-state index contributed by atoms with van der Waals surface area (Å²) in [5.41, 5.74) is 2.58. The quantitative estimate of drug-likeness (QED) is 0.518. The molecule has 0 aliphatic carbocycles. The lowest BCUT2D eigenvalue weighted by Crippen LogP contribution is -2.29. The molecular formula is C20H24ClN3O3. The second kappa shape index (κ2) is 9.48. The van der Waals surface area contributed by atoms with Gasteiger partial charge in [-0.15, -0.1) is 0 Å². The van der Waals surface area contributed by atoms with E-state index in [1.54, 1.807) is 11.9 Å². The molecule has 0 aliphatic heterocycles. The normalized spacial score (nSPS) is 12.0. The third-order valence-electron chi connectivity index (χ3n) is 4.47. The van der Waals surface area contributed by atoms with Gasteiger partial charge in [0.25, 0.3) is 5.69 Å². The number of benzene rings is 2. The Hall–Kier alpha value is -2.44. The summed E-state index contributed by atoms with van der Waals surface area (Å²) in [6.07, 6.45) is 1.07. The van der Waals surface area contributed by atoms with Crippen LogP contribution in [0.15, 0.2) is 42.5 Å². The molecule has 2 aromatic carbocycles. The van der Waals surface area contributed by atoms with Crippen molar-refractivity contribution in [3.63, 3.8) is 0 Å². The summed E-state index contributed by atoms with van der Waals surface area (Å²) in [5, 5.41) is 14.2. The summed E-state index contributed by atoms with van der Waals surface area (Å²) >= 11 is 6.11. The van der Waals surface area contributed by atoms with Gasteiger partial charge in [0.15, 0.2) is 0 Å². The van der Waals surface area contributed by atoms with E-state index in [9.17, 15) is 14.9 Å². The van der Waals surface area contributed by atoms with Crippen LogP contribution in [0.3, 0.4) is 0 Å². The second-order valence-corrected chi connectivity index (χ2v) is 7.09. The minimum absolute atomic E-state index is 0.0198. The van der Waals surface area contributed by atoms with Gasteiger partial charge in [-0.05, 0) is 48.7 Å². The molecule has 0 aromatic heterocycles. The SMILES string of the molecule is CCC(C)c1ccc(NC(=O)CN(C)Cc2cc([N+](=O)[O-])ccc2Cl)cc1. The number of likely N-dealkylation sites (N-methyl/N-ethyl adjacent to an activating group) is 1. The molecule has 1 atom stereocenters. The number of carbonyl (C=O) groups is 1. The molecule has 1 unspecified atom stereocenters. The maximum Gasteiger partial charge on any atom is 0.269 e. The van der Waals surface area contributed by atoms with Crippen molar-refractivity contribution in [3.8, 4) is 0 Å². The highest BCUT2D eigenvalue weighted by Gasteiger charge is 2.13. The van der Waals surface area contributed by atoms with Crippen molar-refractivity contribution in [2.45, 2.75) is 32.7 Å². The number of nitrogens with zero attached hydrogens (tertiary/aromatic N) is 2. The zero-order valence-corrected chi connectivity index (χ0v) is 16.5. The number of halogens is 1. The van der Waals surface area contributed by atoms with Crippen molar-refractivity contribution in [1.29, 1.82) is 0 Å². The van der Waals surface area contributed by atoms with Gasteiger partial charge in [-0.1, -0.05) is 37.6 Å². The van der Waals surface area contributed by atoms with Gasteiger partial charge in [0.1, 0.15) is 0 Å². The van der Waals surface area contributed by atoms with Gasteiger partial charge < -0.3 is 5.32 Å². The van der Waals surface area contributed by atoms with Crippen LogP contribution >= 0.6 is 11.6 Å². The van der Waals surface area contributed by atoms with Gasteiger partial charge in [-0.25, -0.2) is 0 Å². The number of carbonyl (C=O) groups excluding carboxylic acids is 1. The van der Waals surface area contributed by atoms with E-state index >= 15 is 0 Å². The van der Waals surface area contributed by atoms with Crippen LogP contribution in [0.1, 0.15) is 37.3 Å². The summed E-state index contributed by atoms with van der Waals surface area (Å²) in [6.45, 7) is 4.79. The number of nitrogens with one attached hydrogen (secondary N) is 1. The summed E-state index contributed by atoms with van der Waals surface area (Å²) in [6, 6.07) is 12.1. The molecule has 0 bridgehead atoms. The predicted octanol–water partition coefficient (Wildman–Crippen LogP) is 4.83. The minimum atomic E-state index is -0.463. The van der Waals surface area contributed by atoms with Crippen molar-refractivity contribution < 1.29 is 9.72 Å². The molecule has 0 saturated carbocycles. The number of anilines is 1.